The third-order valence-corrected chi connectivity index (χ3v) is 4.90. The molecule has 0 spiro atoms. The monoisotopic (exact) mass is 367 g/mol. The molecule has 2 aromatic rings. The quantitative estimate of drug-likeness (QED) is 0.838. The van der Waals surface area contributed by atoms with Crippen molar-refractivity contribution in [1.82, 2.24) is 10.3 Å². The molecule has 2 aliphatic heterocycles. The highest BCUT2D eigenvalue weighted by Crippen LogP contribution is 2.40. The fourth-order valence-electron chi connectivity index (χ4n) is 3.30. The Morgan fingerprint density at radius 2 is 2.11 bits per heavy atom. The van der Waals surface area contributed by atoms with E-state index in [0.717, 1.165) is 16.2 Å². The molecule has 1 N–H and O–H groups in total. The number of rotatable bonds is 4. The highest BCUT2D eigenvalue weighted by Gasteiger charge is 2.38. The lowest BCUT2D eigenvalue weighted by molar-refractivity contribution is -0.118. The normalized spacial score (nSPS) is 20.3. The largest absolute Gasteiger partial charge is 0.492 e. The summed E-state index contributed by atoms with van der Waals surface area (Å²) in [6, 6.07) is 8.07. The number of ether oxygens (including phenoxy) is 2. The summed E-state index contributed by atoms with van der Waals surface area (Å²) in [5.74, 6) is 1.65. The number of aromatic nitrogens is 1. The Morgan fingerprint density at radius 1 is 1.30 bits per heavy atom. The molecule has 0 unspecified atom stereocenters. The third-order valence-electron chi connectivity index (χ3n) is 4.90. The lowest BCUT2D eigenvalue weighted by Gasteiger charge is -2.16. The van der Waals surface area contributed by atoms with Crippen molar-refractivity contribution in [2.45, 2.75) is 38.6 Å². The minimum Gasteiger partial charge on any atom is -0.492 e. The molecule has 3 heterocycles. The average molecular weight is 367 g/mol. The standard InChI is InChI=1S/C20H21N3O4/c1-4-15-18(24)23(19(25)22-15)12-5-8-17(21-10-12)27-13-6-7-16-14(9-13)20(2,3)11-26-16/h5-10,15H,4,11H2,1-3H3,(H,22,25)/t15-/m1/s1. The molecule has 1 aromatic carbocycles. The molecule has 7 heteroatoms. The Kier molecular flexibility index (Phi) is 4.02. The summed E-state index contributed by atoms with van der Waals surface area (Å²) in [6.45, 7) is 6.74. The van der Waals surface area contributed by atoms with Gasteiger partial charge in [-0.3, -0.25) is 4.79 Å². The Labute approximate surface area is 157 Å². The van der Waals surface area contributed by atoms with Crippen molar-refractivity contribution < 1.29 is 19.1 Å². The molecule has 0 radical (unpaired) electrons. The van der Waals surface area contributed by atoms with Crippen molar-refractivity contribution in [2.75, 3.05) is 11.5 Å². The lowest BCUT2D eigenvalue weighted by Crippen LogP contribution is -2.31. The molecule has 0 bridgehead atoms. The van der Waals surface area contributed by atoms with E-state index >= 15 is 0 Å². The Hall–Kier alpha value is -3.09. The molecule has 1 atom stereocenters. The number of benzene rings is 1. The highest BCUT2D eigenvalue weighted by molar-refractivity contribution is 6.21. The summed E-state index contributed by atoms with van der Waals surface area (Å²) in [4.78, 5) is 29.6. The van der Waals surface area contributed by atoms with Crippen molar-refractivity contribution in [3.05, 3.63) is 42.1 Å². The molecule has 7 nitrogen and oxygen atoms in total. The maximum Gasteiger partial charge on any atom is 0.329 e. The van der Waals surface area contributed by atoms with Crippen LogP contribution in [0.2, 0.25) is 0 Å². The molecule has 1 aromatic heterocycles. The van der Waals surface area contributed by atoms with Crippen molar-refractivity contribution in [2.24, 2.45) is 0 Å². The van der Waals surface area contributed by atoms with Gasteiger partial charge in [0.1, 0.15) is 17.5 Å². The van der Waals surface area contributed by atoms with Gasteiger partial charge >= 0.3 is 6.03 Å². The summed E-state index contributed by atoms with van der Waals surface area (Å²) >= 11 is 0. The summed E-state index contributed by atoms with van der Waals surface area (Å²) in [5, 5.41) is 2.65. The van der Waals surface area contributed by atoms with Gasteiger partial charge in [-0.2, -0.15) is 0 Å². The highest BCUT2D eigenvalue weighted by atomic mass is 16.5. The molecular weight excluding hydrogens is 346 g/mol. The van der Waals surface area contributed by atoms with E-state index in [1.165, 1.54) is 6.20 Å². The first-order valence-electron chi connectivity index (χ1n) is 8.95. The fourth-order valence-corrected chi connectivity index (χ4v) is 3.30. The Balaban J connectivity index is 1.53. The molecular formula is C20H21N3O4. The van der Waals surface area contributed by atoms with Gasteiger partial charge < -0.3 is 14.8 Å². The number of carbonyl (C=O) groups excluding carboxylic acids is 2. The topological polar surface area (TPSA) is 80.8 Å². The first-order chi connectivity index (χ1) is 12.9. The summed E-state index contributed by atoms with van der Waals surface area (Å²) in [5.41, 5.74) is 1.46. The Morgan fingerprint density at radius 3 is 2.78 bits per heavy atom. The van der Waals surface area contributed by atoms with Crippen molar-refractivity contribution in [3.8, 4) is 17.4 Å². The summed E-state index contributed by atoms with van der Waals surface area (Å²) in [6.07, 6.45) is 2.01. The van der Waals surface area contributed by atoms with E-state index in [1.807, 2.05) is 25.1 Å². The van der Waals surface area contributed by atoms with Crippen LogP contribution < -0.4 is 19.7 Å². The van der Waals surface area contributed by atoms with Gasteiger partial charge in [-0.15, -0.1) is 0 Å². The van der Waals surface area contributed by atoms with Crippen LogP contribution in [0.3, 0.4) is 0 Å². The molecule has 1 fully saturated rings. The van der Waals surface area contributed by atoms with Gasteiger partial charge in [-0.1, -0.05) is 20.8 Å². The number of urea groups is 1. The molecule has 4 rings (SSSR count). The van der Waals surface area contributed by atoms with Crippen LogP contribution in [0.5, 0.6) is 17.4 Å². The first-order valence-corrected chi connectivity index (χ1v) is 8.95. The lowest BCUT2D eigenvalue weighted by atomic mass is 9.87. The van der Waals surface area contributed by atoms with Gasteiger partial charge in [0.25, 0.3) is 5.91 Å². The molecule has 27 heavy (non-hydrogen) atoms. The maximum atomic E-state index is 12.3. The number of nitrogens with zero attached hydrogens (tertiary/aromatic N) is 2. The van der Waals surface area contributed by atoms with E-state index in [1.54, 1.807) is 12.1 Å². The van der Waals surface area contributed by atoms with E-state index in [4.69, 9.17) is 9.47 Å². The van der Waals surface area contributed by atoms with E-state index in [0.29, 0.717) is 30.3 Å². The van der Waals surface area contributed by atoms with Crippen LogP contribution in [0, 0.1) is 0 Å². The van der Waals surface area contributed by atoms with Crippen molar-refractivity contribution >= 4 is 17.6 Å². The van der Waals surface area contributed by atoms with Gasteiger partial charge in [-0.25, -0.2) is 14.7 Å². The summed E-state index contributed by atoms with van der Waals surface area (Å²) in [7, 11) is 0. The molecule has 1 saturated heterocycles. The van der Waals surface area contributed by atoms with Gasteiger partial charge in [0.15, 0.2) is 0 Å². The number of amides is 3. The second-order valence-corrected chi connectivity index (χ2v) is 7.37. The van der Waals surface area contributed by atoms with Crippen LogP contribution in [-0.4, -0.2) is 29.6 Å². The van der Waals surface area contributed by atoms with E-state index in [9.17, 15) is 9.59 Å². The zero-order valence-corrected chi connectivity index (χ0v) is 15.5. The van der Waals surface area contributed by atoms with E-state index in [2.05, 4.69) is 24.1 Å². The summed E-state index contributed by atoms with van der Waals surface area (Å²) < 4.78 is 11.5. The fraction of sp³-hybridized carbons (Fsp3) is 0.350. The third kappa shape index (κ3) is 2.99. The number of fused-ring (bicyclic) bond motifs is 1. The van der Waals surface area contributed by atoms with Gasteiger partial charge in [0.05, 0.1) is 18.5 Å². The number of hydrogen-bond acceptors (Lipinski definition) is 5. The SMILES string of the molecule is CC[C@H]1NC(=O)N(c2ccc(Oc3ccc4c(c3)C(C)(C)CO4)nc2)C1=O. The number of nitrogens with one attached hydrogen (secondary N) is 1. The zero-order chi connectivity index (χ0) is 19.2. The minimum absolute atomic E-state index is 0.0642. The Bertz CT molecular complexity index is 908. The minimum atomic E-state index is -0.481. The van der Waals surface area contributed by atoms with Crippen LogP contribution in [0.4, 0.5) is 10.5 Å². The second-order valence-electron chi connectivity index (χ2n) is 7.37. The van der Waals surface area contributed by atoms with Crippen LogP contribution in [0.15, 0.2) is 36.5 Å². The smallest absolute Gasteiger partial charge is 0.329 e. The van der Waals surface area contributed by atoms with Crippen LogP contribution in [0.25, 0.3) is 0 Å². The second kappa shape index (κ2) is 6.26. The molecule has 0 aliphatic carbocycles. The van der Waals surface area contributed by atoms with Crippen molar-refractivity contribution in [3.63, 3.8) is 0 Å². The first kappa shape index (κ1) is 17.3. The van der Waals surface area contributed by atoms with Gasteiger partial charge in [0.2, 0.25) is 5.88 Å². The van der Waals surface area contributed by atoms with Crippen LogP contribution in [-0.2, 0) is 10.2 Å². The number of carbonyl (C=O) groups is 2. The van der Waals surface area contributed by atoms with Crippen molar-refractivity contribution in [1.29, 1.82) is 0 Å². The maximum absolute atomic E-state index is 12.3. The van der Waals surface area contributed by atoms with Crippen LogP contribution in [0.1, 0.15) is 32.8 Å². The number of anilines is 1. The number of hydrogen-bond donors (Lipinski definition) is 1. The van der Waals surface area contributed by atoms with Gasteiger partial charge in [0, 0.05) is 17.0 Å². The molecule has 3 amide bonds. The molecule has 140 valence electrons. The predicted molar refractivity (Wildman–Crippen MR) is 99.4 cm³/mol. The molecule has 2 aliphatic rings. The number of imide groups is 1. The average Bonchev–Trinajstić information content (AvgIpc) is 3.11. The predicted octanol–water partition coefficient (Wildman–Crippen LogP) is 3.38. The molecule has 0 saturated carbocycles. The van der Waals surface area contributed by atoms with E-state index in [-0.39, 0.29) is 11.3 Å². The van der Waals surface area contributed by atoms with Gasteiger partial charge in [-0.05, 0) is 30.7 Å². The van der Waals surface area contributed by atoms with Crippen LogP contribution >= 0.6 is 0 Å². The van der Waals surface area contributed by atoms with E-state index < -0.39 is 12.1 Å². The number of pyridine rings is 1. The zero-order valence-electron chi connectivity index (χ0n) is 15.5.